The number of likely N-dealkylation sites (tertiary alicyclic amines) is 1. The van der Waals surface area contributed by atoms with Gasteiger partial charge in [0.2, 0.25) is 5.91 Å². The smallest absolute Gasteiger partial charge is 0.231 e. The lowest BCUT2D eigenvalue weighted by molar-refractivity contribution is -0.152. The highest BCUT2D eigenvalue weighted by Gasteiger charge is 2.44. The van der Waals surface area contributed by atoms with Crippen LogP contribution in [0.1, 0.15) is 39.5 Å². The predicted octanol–water partition coefficient (Wildman–Crippen LogP) is 1.65. The summed E-state index contributed by atoms with van der Waals surface area (Å²) in [6.07, 6.45) is 4.18. The van der Waals surface area contributed by atoms with Gasteiger partial charge in [0.05, 0.1) is 12.0 Å². The summed E-state index contributed by atoms with van der Waals surface area (Å²) < 4.78 is 5.38. The quantitative estimate of drug-likeness (QED) is 0.846. The average molecular weight is 268 g/mol. The molecule has 19 heavy (non-hydrogen) atoms. The SMILES string of the molecule is COCC1(C(=O)N2CCCC(C)C2C)CCNCC1. The van der Waals surface area contributed by atoms with E-state index in [1.807, 2.05) is 0 Å². The van der Waals surface area contributed by atoms with Crippen LogP contribution in [0.15, 0.2) is 0 Å². The minimum absolute atomic E-state index is 0.286. The second kappa shape index (κ2) is 6.23. The Morgan fingerprint density at radius 3 is 2.68 bits per heavy atom. The second-order valence-corrected chi connectivity index (χ2v) is 6.32. The first-order valence-electron chi connectivity index (χ1n) is 7.61. The van der Waals surface area contributed by atoms with Crippen LogP contribution < -0.4 is 5.32 Å². The Morgan fingerprint density at radius 1 is 1.37 bits per heavy atom. The van der Waals surface area contributed by atoms with Gasteiger partial charge in [-0.15, -0.1) is 0 Å². The Balaban J connectivity index is 2.14. The number of nitrogens with zero attached hydrogens (tertiary/aromatic N) is 1. The van der Waals surface area contributed by atoms with Crippen LogP contribution in [0.4, 0.5) is 0 Å². The Kier molecular flexibility index (Phi) is 4.85. The van der Waals surface area contributed by atoms with Crippen LogP contribution in [-0.4, -0.2) is 50.2 Å². The van der Waals surface area contributed by atoms with Crippen molar-refractivity contribution < 1.29 is 9.53 Å². The fraction of sp³-hybridized carbons (Fsp3) is 0.933. The van der Waals surface area contributed by atoms with Crippen LogP contribution in [0.3, 0.4) is 0 Å². The average Bonchev–Trinajstić information content (AvgIpc) is 2.42. The molecule has 0 aromatic carbocycles. The number of carbonyl (C=O) groups excluding carboxylic acids is 1. The number of methoxy groups -OCH3 is 1. The van der Waals surface area contributed by atoms with Gasteiger partial charge >= 0.3 is 0 Å². The van der Waals surface area contributed by atoms with Gasteiger partial charge in [0.1, 0.15) is 0 Å². The van der Waals surface area contributed by atoms with Crippen LogP contribution in [-0.2, 0) is 9.53 Å². The third kappa shape index (κ3) is 2.95. The van der Waals surface area contributed by atoms with Crippen molar-refractivity contribution in [3.63, 3.8) is 0 Å². The van der Waals surface area contributed by atoms with Crippen molar-refractivity contribution in [3.05, 3.63) is 0 Å². The maximum absolute atomic E-state index is 13.0. The number of piperidine rings is 2. The van der Waals surface area contributed by atoms with E-state index in [9.17, 15) is 4.79 Å². The van der Waals surface area contributed by atoms with Crippen molar-refractivity contribution in [1.82, 2.24) is 10.2 Å². The Labute approximate surface area is 116 Å². The van der Waals surface area contributed by atoms with Gasteiger partial charge in [-0.05, 0) is 51.6 Å². The van der Waals surface area contributed by atoms with Gasteiger partial charge < -0.3 is 15.0 Å². The monoisotopic (exact) mass is 268 g/mol. The van der Waals surface area contributed by atoms with Gasteiger partial charge in [-0.3, -0.25) is 4.79 Å². The third-order valence-electron chi connectivity index (χ3n) is 5.07. The fourth-order valence-corrected chi connectivity index (χ4v) is 3.53. The number of rotatable bonds is 3. The molecule has 0 saturated carbocycles. The first-order valence-corrected chi connectivity index (χ1v) is 7.61. The molecule has 0 radical (unpaired) electrons. The summed E-state index contributed by atoms with van der Waals surface area (Å²) in [6.45, 7) is 7.78. The predicted molar refractivity (Wildman–Crippen MR) is 76.0 cm³/mol. The summed E-state index contributed by atoms with van der Waals surface area (Å²) in [5, 5.41) is 3.35. The molecule has 1 amide bonds. The molecule has 2 heterocycles. The molecule has 2 rings (SSSR count). The Hall–Kier alpha value is -0.610. The summed E-state index contributed by atoms with van der Waals surface area (Å²) in [4.78, 5) is 15.2. The topological polar surface area (TPSA) is 41.6 Å². The minimum atomic E-state index is -0.286. The number of hydrogen-bond acceptors (Lipinski definition) is 3. The van der Waals surface area contributed by atoms with E-state index in [0.29, 0.717) is 24.5 Å². The molecule has 2 fully saturated rings. The summed E-state index contributed by atoms with van der Waals surface area (Å²) in [7, 11) is 1.71. The molecule has 2 aliphatic rings. The van der Waals surface area contributed by atoms with Crippen molar-refractivity contribution >= 4 is 5.91 Å². The zero-order valence-electron chi connectivity index (χ0n) is 12.6. The first-order chi connectivity index (χ1) is 9.10. The van der Waals surface area contributed by atoms with E-state index in [1.165, 1.54) is 6.42 Å². The lowest BCUT2D eigenvalue weighted by Gasteiger charge is -2.45. The van der Waals surface area contributed by atoms with Gasteiger partial charge in [-0.2, -0.15) is 0 Å². The van der Waals surface area contributed by atoms with Crippen LogP contribution in [0, 0.1) is 11.3 Å². The van der Waals surface area contributed by atoms with E-state index in [1.54, 1.807) is 7.11 Å². The van der Waals surface area contributed by atoms with Crippen molar-refractivity contribution in [2.75, 3.05) is 33.4 Å². The molecule has 0 aromatic heterocycles. The maximum Gasteiger partial charge on any atom is 0.231 e. The number of hydrogen-bond donors (Lipinski definition) is 1. The van der Waals surface area contributed by atoms with Gasteiger partial charge in [0.25, 0.3) is 0 Å². The van der Waals surface area contributed by atoms with E-state index < -0.39 is 0 Å². The van der Waals surface area contributed by atoms with Gasteiger partial charge in [-0.1, -0.05) is 6.92 Å². The van der Waals surface area contributed by atoms with Gasteiger partial charge in [0.15, 0.2) is 0 Å². The van der Waals surface area contributed by atoms with E-state index in [-0.39, 0.29) is 5.41 Å². The second-order valence-electron chi connectivity index (χ2n) is 6.32. The highest BCUT2D eigenvalue weighted by atomic mass is 16.5. The summed E-state index contributed by atoms with van der Waals surface area (Å²) >= 11 is 0. The summed E-state index contributed by atoms with van der Waals surface area (Å²) in [6, 6.07) is 0.366. The highest BCUT2D eigenvalue weighted by Crippen LogP contribution is 2.35. The lowest BCUT2D eigenvalue weighted by atomic mass is 9.77. The van der Waals surface area contributed by atoms with E-state index in [4.69, 9.17) is 4.74 Å². The van der Waals surface area contributed by atoms with Crippen molar-refractivity contribution in [2.24, 2.45) is 11.3 Å². The van der Waals surface area contributed by atoms with Crippen molar-refractivity contribution in [1.29, 1.82) is 0 Å². The van der Waals surface area contributed by atoms with Gasteiger partial charge in [0, 0.05) is 19.7 Å². The molecule has 1 N–H and O–H groups in total. The normalized spacial score (nSPS) is 31.2. The van der Waals surface area contributed by atoms with Crippen LogP contribution in [0.2, 0.25) is 0 Å². The number of nitrogens with one attached hydrogen (secondary N) is 1. The van der Waals surface area contributed by atoms with Gasteiger partial charge in [-0.25, -0.2) is 0 Å². The van der Waals surface area contributed by atoms with Crippen LogP contribution in [0.25, 0.3) is 0 Å². The van der Waals surface area contributed by atoms with Crippen molar-refractivity contribution in [2.45, 2.75) is 45.6 Å². The minimum Gasteiger partial charge on any atom is -0.384 e. The zero-order valence-corrected chi connectivity index (χ0v) is 12.6. The van der Waals surface area contributed by atoms with E-state index in [0.717, 1.165) is 38.9 Å². The third-order valence-corrected chi connectivity index (χ3v) is 5.07. The Morgan fingerprint density at radius 2 is 2.05 bits per heavy atom. The molecule has 110 valence electrons. The van der Waals surface area contributed by atoms with Crippen LogP contribution in [0.5, 0.6) is 0 Å². The molecule has 0 spiro atoms. The molecule has 2 aliphatic heterocycles. The lowest BCUT2D eigenvalue weighted by Crippen LogP contribution is -2.56. The maximum atomic E-state index is 13.0. The van der Waals surface area contributed by atoms with Crippen LogP contribution >= 0.6 is 0 Å². The molecular formula is C15H28N2O2. The molecular weight excluding hydrogens is 240 g/mol. The first kappa shape index (κ1) is 14.8. The molecule has 0 aliphatic carbocycles. The number of carbonyl (C=O) groups is 1. The molecule has 2 atom stereocenters. The summed E-state index contributed by atoms with van der Waals surface area (Å²) in [5.41, 5.74) is -0.286. The molecule has 0 aromatic rings. The zero-order chi connectivity index (χ0) is 13.9. The Bertz CT molecular complexity index is 308. The molecule has 4 heteroatoms. The number of amides is 1. The van der Waals surface area contributed by atoms with Crippen molar-refractivity contribution in [3.8, 4) is 0 Å². The molecule has 4 nitrogen and oxygen atoms in total. The highest BCUT2D eigenvalue weighted by molar-refractivity contribution is 5.83. The molecule has 0 bridgehead atoms. The summed E-state index contributed by atoms with van der Waals surface area (Å²) in [5.74, 6) is 0.939. The fourth-order valence-electron chi connectivity index (χ4n) is 3.53. The molecule has 2 unspecified atom stereocenters. The van der Waals surface area contributed by atoms with E-state index in [2.05, 4.69) is 24.1 Å². The molecule has 2 saturated heterocycles. The largest absolute Gasteiger partial charge is 0.384 e. The standard InChI is InChI=1S/C15H28N2O2/c1-12-5-4-10-17(13(12)2)14(18)15(11-19-3)6-8-16-9-7-15/h12-13,16H,4-11H2,1-3H3. The number of ether oxygens (including phenoxy) is 1. The van der Waals surface area contributed by atoms with E-state index >= 15 is 0 Å².